The maximum atomic E-state index is 11.2. The number of piperidine rings is 1. The standard InChI is InChI=1S/C14H26N2O2/c1-14(2,13(17)18)10-16-8-4-5-11(9-16)12-6-3-7-15-12/h11-12,15H,3-10H2,1-2H3,(H,17,18). The molecule has 2 aliphatic heterocycles. The van der Waals surface area contributed by atoms with Gasteiger partial charge in [0.05, 0.1) is 5.41 Å². The third-order valence-corrected chi connectivity index (χ3v) is 4.41. The first-order chi connectivity index (χ1) is 8.49. The van der Waals surface area contributed by atoms with Crippen molar-refractivity contribution in [1.82, 2.24) is 10.2 Å². The average Bonchev–Trinajstić information content (AvgIpc) is 2.82. The van der Waals surface area contributed by atoms with E-state index < -0.39 is 11.4 Å². The van der Waals surface area contributed by atoms with Crippen LogP contribution in [0.3, 0.4) is 0 Å². The molecule has 0 amide bonds. The largest absolute Gasteiger partial charge is 0.481 e. The molecule has 0 radical (unpaired) electrons. The van der Waals surface area contributed by atoms with Crippen molar-refractivity contribution in [2.45, 2.75) is 45.6 Å². The van der Waals surface area contributed by atoms with Crippen LogP contribution in [0, 0.1) is 11.3 Å². The summed E-state index contributed by atoms with van der Waals surface area (Å²) in [5, 5.41) is 12.8. The van der Waals surface area contributed by atoms with E-state index in [0.29, 0.717) is 18.5 Å². The fourth-order valence-electron chi connectivity index (χ4n) is 3.30. The van der Waals surface area contributed by atoms with Crippen molar-refractivity contribution in [3.63, 3.8) is 0 Å². The number of carboxylic acid groups (broad SMARTS) is 1. The Morgan fingerprint density at radius 3 is 2.78 bits per heavy atom. The van der Waals surface area contributed by atoms with Crippen molar-refractivity contribution in [3.05, 3.63) is 0 Å². The van der Waals surface area contributed by atoms with Gasteiger partial charge in [0.15, 0.2) is 0 Å². The van der Waals surface area contributed by atoms with Crippen LogP contribution in [-0.2, 0) is 4.79 Å². The summed E-state index contributed by atoms with van der Waals surface area (Å²) in [6.45, 7) is 7.60. The summed E-state index contributed by atoms with van der Waals surface area (Å²) in [6, 6.07) is 0.667. The molecule has 104 valence electrons. The van der Waals surface area contributed by atoms with E-state index in [1.54, 1.807) is 0 Å². The molecule has 0 aromatic carbocycles. The third-order valence-electron chi connectivity index (χ3n) is 4.41. The maximum Gasteiger partial charge on any atom is 0.310 e. The Bertz CT molecular complexity index is 298. The molecule has 4 heteroatoms. The van der Waals surface area contributed by atoms with Gasteiger partial charge in [0.25, 0.3) is 0 Å². The number of nitrogens with zero attached hydrogens (tertiary/aromatic N) is 1. The lowest BCUT2D eigenvalue weighted by Crippen LogP contribution is -2.47. The molecule has 2 fully saturated rings. The van der Waals surface area contributed by atoms with Gasteiger partial charge in [-0.15, -0.1) is 0 Å². The number of hydrogen-bond acceptors (Lipinski definition) is 3. The van der Waals surface area contributed by atoms with E-state index in [0.717, 1.165) is 19.6 Å². The highest BCUT2D eigenvalue weighted by atomic mass is 16.4. The van der Waals surface area contributed by atoms with Gasteiger partial charge in [0.1, 0.15) is 0 Å². The lowest BCUT2D eigenvalue weighted by atomic mass is 9.87. The first kappa shape index (κ1) is 13.8. The van der Waals surface area contributed by atoms with Gasteiger partial charge >= 0.3 is 5.97 Å². The Kier molecular flexibility index (Phi) is 4.28. The van der Waals surface area contributed by atoms with E-state index in [2.05, 4.69) is 10.2 Å². The molecule has 18 heavy (non-hydrogen) atoms. The third kappa shape index (κ3) is 3.23. The predicted octanol–water partition coefficient (Wildman–Crippen LogP) is 1.56. The van der Waals surface area contributed by atoms with Crippen molar-refractivity contribution in [3.8, 4) is 0 Å². The maximum absolute atomic E-state index is 11.2. The zero-order valence-electron chi connectivity index (χ0n) is 11.6. The number of nitrogens with one attached hydrogen (secondary N) is 1. The molecular weight excluding hydrogens is 228 g/mol. The second-order valence-electron chi connectivity index (χ2n) is 6.53. The summed E-state index contributed by atoms with van der Waals surface area (Å²) in [6.07, 6.45) is 5.09. The van der Waals surface area contributed by atoms with Gasteiger partial charge in [-0.1, -0.05) is 0 Å². The number of rotatable bonds is 4. The van der Waals surface area contributed by atoms with Crippen LogP contribution < -0.4 is 5.32 Å². The van der Waals surface area contributed by atoms with Crippen LogP contribution in [0.15, 0.2) is 0 Å². The molecular formula is C14H26N2O2. The zero-order chi connectivity index (χ0) is 13.2. The first-order valence-electron chi connectivity index (χ1n) is 7.18. The van der Waals surface area contributed by atoms with E-state index in [1.807, 2.05) is 13.8 Å². The fraction of sp³-hybridized carbons (Fsp3) is 0.929. The minimum Gasteiger partial charge on any atom is -0.481 e. The van der Waals surface area contributed by atoms with Gasteiger partial charge in [-0.2, -0.15) is 0 Å². The van der Waals surface area contributed by atoms with E-state index in [4.69, 9.17) is 0 Å². The fourth-order valence-corrected chi connectivity index (χ4v) is 3.30. The van der Waals surface area contributed by atoms with Crippen molar-refractivity contribution < 1.29 is 9.90 Å². The molecule has 0 aromatic rings. The number of aliphatic carboxylic acids is 1. The Balaban J connectivity index is 1.88. The summed E-state index contributed by atoms with van der Waals surface area (Å²) in [5.41, 5.74) is -0.634. The van der Waals surface area contributed by atoms with E-state index in [-0.39, 0.29) is 0 Å². The van der Waals surface area contributed by atoms with Crippen LogP contribution in [0.2, 0.25) is 0 Å². The minimum atomic E-state index is -0.691. The molecule has 4 nitrogen and oxygen atoms in total. The Morgan fingerprint density at radius 2 is 2.17 bits per heavy atom. The molecule has 0 spiro atoms. The average molecular weight is 254 g/mol. The van der Waals surface area contributed by atoms with Crippen LogP contribution in [-0.4, -0.2) is 48.2 Å². The molecule has 0 aliphatic carbocycles. The molecule has 2 N–H and O–H groups in total. The lowest BCUT2D eigenvalue weighted by molar-refractivity contribution is -0.148. The minimum absolute atomic E-state index is 0.634. The summed E-state index contributed by atoms with van der Waals surface area (Å²) in [5.74, 6) is 0.0226. The SMILES string of the molecule is CC(C)(CN1CCCC(C2CCCN2)C1)C(=O)O. The van der Waals surface area contributed by atoms with Crippen LogP contribution in [0.25, 0.3) is 0 Å². The highest BCUT2D eigenvalue weighted by Crippen LogP contribution is 2.27. The van der Waals surface area contributed by atoms with E-state index in [1.165, 1.54) is 25.7 Å². The highest BCUT2D eigenvalue weighted by molar-refractivity contribution is 5.73. The molecule has 0 aromatic heterocycles. The molecule has 0 saturated carbocycles. The van der Waals surface area contributed by atoms with Crippen molar-refractivity contribution in [2.75, 3.05) is 26.2 Å². The summed E-state index contributed by atoms with van der Waals surface area (Å²) < 4.78 is 0. The van der Waals surface area contributed by atoms with Crippen LogP contribution in [0.5, 0.6) is 0 Å². The lowest BCUT2D eigenvalue weighted by Gasteiger charge is -2.38. The van der Waals surface area contributed by atoms with Gasteiger partial charge in [-0.3, -0.25) is 4.79 Å². The van der Waals surface area contributed by atoms with Gasteiger partial charge in [0.2, 0.25) is 0 Å². The summed E-state index contributed by atoms with van der Waals surface area (Å²) in [7, 11) is 0. The Labute approximate surface area is 110 Å². The number of likely N-dealkylation sites (tertiary alicyclic amines) is 1. The molecule has 2 rings (SSSR count). The van der Waals surface area contributed by atoms with Crippen molar-refractivity contribution in [1.29, 1.82) is 0 Å². The van der Waals surface area contributed by atoms with E-state index >= 15 is 0 Å². The smallest absolute Gasteiger partial charge is 0.310 e. The molecule has 0 bridgehead atoms. The molecule has 2 heterocycles. The normalized spacial score (nSPS) is 30.6. The van der Waals surface area contributed by atoms with Gasteiger partial charge in [-0.25, -0.2) is 0 Å². The van der Waals surface area contributed by atoms with Gasteiger partial charge in [0, 0.05) is 19.1 Å². The zero-order valence-corrected chi connectivity index (χ0v) is 11.6. The predicted molar refractivity (Wildman–Crippen MR) is 71.6 cm³/mol. The molecule has 2 atom stereocenters. The Morgan fingerprint density at radius 1 is 1.39 bits per heavy atom. The van der Waals surface area contributed by atoms with Gasteiger partial charge < -0.3 is 15.3 Å². The first-order valence-corrected chi connectivity index (χ1v) is 7.18. The Hall–Kier alpha value is -0.610. The van der Waals surface area contributed by atoms with Crippen LogP contribution in [0.4, 0.5) is 0 Å². The summed E-state index contributed by atoms with van der Waals surface area (Å²) in [4.78, 5) is 13.5. The molecule has 2 aliphatic rings. The van der Waals surface area contributed by atoms with Crippen molar-refractivity contribution >= 4 is 5.97 Å². The van der Waals surface area contributed by atoms with Crippen molar-refractivity contribution in [2.24, 2.45) is 11.3 Å². The van der Waals surface area contributed by atoms with Gasteiger partial charge in [-0.05, 0) is 58.5 Å². The number of carbonyl (C=O) groups is 1. The number of hydrogen-bond donors (Lipinski definition) is 2. The van der Waals surface area contributed by atoms with Crippen LogP contribution in [0.1, 0.15) is 39.5 Å². The number of carboxylic acids is 1. The molecule has 2 unspecified atom stereocenters. The quantitative estimate of drug-likeness (QED) is 0.799. The summed E-state index contributed by atoms with van der Waals surface area (Å²) >= 11 is 0. The highest BCUT2D eigenvalue weighted by Gasteiger charge is 2.34. The second kappa shape index (κ2) is 5.57. The topological polar surface area (TPSA) is 52.6 Å². The van der Waals surface area contributed by atoms with E-state index in [9.17, 15) is 9.90 Å². The monoisotopic (exact) mass is 254 g/mol. The van der Waals surface area contributed by atoms with Crippen LogP contribution >= 0.6 is 0 Å². The second-order valence-corrected chi connectivity index (χ2v) is 6.53. The molecule has 2 saturated heterocycles.